The Morgan fingerprint density at radius 1 is 0.903 bits per heavy atom. The smallest absolute Gasteiger partial charge is 0.314 e. The summed E-state index contributed by atoms with van der Waals surface area (Å²) in [6.07, 6.45) is 1.69. The van der Waals surface area contributed by atoms with Gasteiger partial charge in [-0.3, -0.25) is 0 Å². The average molecular weight is 449 g/mol. The van der Waals surface area contributed by atoms with Gasteiger partial charge in [-0.2, -0.15) is 4.31 Å². The first kappa shape index (κ1) is 23.0. The normalized spacial score (nSPS) is 14.9. The number of amides is 2. The molecular weight excluding hydrogens is 419 g/mol. The highest BCUT2D eigenvalue weighted by Gasteiger charge is 2.26. The molecule has 3 rings (SSSR count). The first-order valence-electron chi connectivity index (χ1n) is 10.5. The Balaban J connectivity index is 1.32. The number of aryl methyl sites for hydroxylation is 1. The summed E-state index contributed by atoms with van der Waals surface area (Å²) < 4.78 is 39.6. The molecule has 0 unspecified atom stereocenters. The zero-order valence-electron chi connectivity index (χ0n) is 17.5. The van der Waals surface area contributed by atoms with Gasteiger partial charge in [0.1, 0.15) is 5.82 Å². The molecule has 9 heteroatoms. The molecule has 1 aliphatic heterocycles. The van der Waals surface area contributed by atoms with Crippen molar-refractivity contribution in [2.45, 2.75) is 12.8 Å². The molecule has 0 saturated carbocycles. The molecule has 31 heavy (non-hydrogen) atoms. The van der Waals surface area contributed by atoms with Gasteiger partial charge in [0.2, 0.25) is 10.0 Å². The van der Waals surface area contributed by atoms with Crippen molar-refractivity contribution >= 4 is 21.7 Å². The van der Waals surface area contributed by atoms with Crippen LogP contribution >= 0.6 is 0 Å². The van der Waals surface area contributed by atoms with Crippen molar-refractivity contribution < 1.29 is 17.6 Å². The number of halogens is 1. The fraction of sp³-hybridized carbons (Fsp3) is 0.409. The van der Waals surface area contributed by atoms with Crippen LogP contribution in [0.2, 0.25) is 0 Å². The molecule has 1 saturated heterocycles. The Kier molecular flexibility index (Phi) is 8.25. The van der Waals surface area contributed by atoms with Gasteiger partial charge < -0.3 is 15.5 Å². The summed E-state index contributed by atoms with van der Waals surface area (Å²) >= 11 is 0. The first-order chi connectivity index (χ1) is 14.9. The number of hydrogen-bond acceptors (Lipinski definition) is 4. The molecule has 0 aromatic heterocycles. The summed E-state index contributed by atoms with van der Waals surface area (Å²) in [5.74, 6) is -0.432. The Morgan fingerprint density at radius 3 is 2.23 bits per heavy atom. The van der Waals surface area contributed by atoms with E-state index in [0.29, 0.717) is 32.7 Å². The molecule has 1 fully saturated rings. The van der Waals surface area contributed by atoms with Crippen LogP contribution in [0.25, 0.3) is 0 Å². The third-order valence-electron chi connectivity index (χ3n) is 5.24. The number of urea groups is 1. The number of piperazine rings is 1. The maximum absolute atomic E-state index is 13.1. The van der Waals surface area contributed by atoms with Gasteiger partial charge in [-0.25, -0.2) is 17.6 Å². The van der Waals surface area contributed by atoms with Crippen LogP contribution in [0.3, 0.4) is 0 Å². The van der Waals surface area contributed by atoms with E-state index < -0.39 is 10.0 Å². The standard InChI is InChI=1S/C22H29FN4O3S/c23-20-8-10-21(11-9-20)26-14-16-27(17-15-26)31(29,30)18-13-25-22(28)24-12-4-7-19-5-2-1-3-6-19/h1-3,5-6,8-11H,4,7,12-18H2,(H2,24,25,28). The number of carbonyl (C=O) groups excluding carboxylic acids is 1. The van der Waals surface area contributed by atoms with E-state index in [2.05, 4.69) is 10.6 Å². The lowest BCUT2D eigenvalue weighted by Gasteiger charge is -2.35. The number of carbonyl (C=O) groups is 1. The molecule has 0 aliphatic carbocycles. The van der Waals surface area contributed by atoms with E-state index in [1.807, 2.05) is 35.2 Å². The third kappa shape index (κ3) is 7.22. The number of nitrogens with one attached hydrogen (secondary N) is 2. The van der Waals surface area contributed by atoms with E-state index in [9.17, 15) is 17.6 Å². The van der Waals surface area contributed by atoms with Crippen molar-refractivity contribution in [3.05, 3.63) is 66.0 Å². The van der Waals surface area contributed by atoms with Crippen LogP contribution in [0.5, 0.6) is 0 Å². The van der Waals surface area contributed by atoms with Gasteiger partial charge in [-0.15, -0.1) is 0 Å². The van der Waals surface area contributed by atoms with Crippen LogP contribution in [-0.2, 0) is 16.4 Å². The summed E-state index contributed by atoms with van der Waals surface area (Å²) in [4.78, 5) is 13.9. The summed E-state index contributed by atoms with van der Waals surface area (Å²) in [5, 5.41) is 5.37. The molecule has 0 bridgehead atoms. The van der Waals surface area contributed by atoms with Gasteiger partial charge >= 0.3 is 6.03 Å². The van der Waals surface area contributed by atoms with Crippen LogP contribution < -0.4 is 15.5 Å². The van der Waals surface area contributed by atoms with Gasteiger partial charge in [0.25, 0.3) is 0 Å². The number of nitrogens with zero attached hydrogens (tertiary/aromatic N) is 2. The summed E-state index contributed by atoms with van der Waals surface area (Å²) in [5.41, 5.74) is 2.10. The van der Waals surface area contributed by atoms with E-state index in [4.69, 9.17) is 0 Å². The van der Waals surface area contributed by atoms with Crippen molar-refractivity contribution in [2.75, 3.05) is 49.9 Å². The zero-order chi connectivity index (χ0) is 22.1. The van der Waals surface area contributed by atoms with Gasteiger partial charge in [0, 0.05) is 45.0 Å². The molecule has 7 nitrogen and oxygen atoms in total. The van der Waals surface area contributed by atoms with E-state index in [-0.39, 0.29) is 24.1 Å². The van der Waals surface area contributed by atoms with Crippen molar-refractivity contribution in [2.24, 2.45) is 0 Å². The van der Waals surface area contributed by atoms with Crippen molar-refractivity contribution in [1.82, 2.24) is 14.9 Å². The molecule has 0 spiro atoms. The minimum atomic E-state index is -3.45. The fourth-order valence-electron chi connectivity index (χ4n) is 3.50. The molecule has 1 aliphatic rings. The van der Waals surface area contributed by atoms with Crippen LogP contribution in [0.15, 0.2) is 54.6 Å². The third-order valence-corrected chi connectivity index (χ3v) is 7.11. The van der Waals surface area contributed by atoms with Crippen molar-refractivity contribution in [3.8, 4) is 0 Å². The van der Waals surface area contributed by atoms with Crippen LogP contribution in [-0.4, -0.2) is 63.8 Å². The van der Waals surface area contributed by atoms with Gasteiger partial charge in [-0.1, -0.05) is 30.3 Å². The summed E-state index contributed by atoms with van der Waals surface area (Å²) in [7, 11) is -3.45. The molecule has 0 radical (unpaired) electrons. The van der Waals surface area contributed by atoms with Gasteiger partial charge in [0.15, 0.2) is 0 Å². The van der Waals surface area contributed by atoms with Gasteiger partial charge in [-0.05, 0) is 42.7 Å². The van der Waals surface area contributed by atoms with Crippen molar-refractivity contribution in [3.63, 3.8) is 0 Å². The molecule has 2 aromatic rings. The lowest BCUT2D eigenvalue weighted by Crippen LogP contribution is -2.50. The molecule has 0 atom stereocenters. The molecule has 1 heterocycles. The SMILES string of the molecule is O=C(NCCCc1ccccc1)NCCS(=O)(=O)N1CCN(c2ccc(F)cc2)CC1. The molecule has 168 valence electrons. The maximum atomic E-state index is 13.1. The lowest BCUT2D eigenvalue weighted by atomic mass is 10.1. The monoisotopic (exact) mass is 448 g/mol. The Labute approximate surface area is 183 Å². The highest BCUT2D eigenvalue weighted by Crippen LogP contribution is 2.18. The fourth-order valence-corrected chi connectivity index (χ4v) is 4.84. The van der Waals surface area contributed by atoms with E-state index in [1.54, 1.807) is 12.1 Å². The first-order valence-corrected chi connectivity index (χ1v) is 12.1. The van der Waals surface area contributed by atoms with Crippen LogP contribution in [0, 0.1) is 5.82 Å². The average Bonchev–Trinajstić information content (AvgIpc) is 2.78. The second-order valence-corrected chi connectivity index (χ2v) is 9.54. The predicted octanol–water partition coefficient (Wildman–Crippen LogP) is 2.21. The predicted molar refractivity (Wildman–Crippen MR) is 120 cm³/mol. The quantitative estimate of drug-likeness (QED) is 0.577. The molecule has 2 amide bonds. The Hall–Kier alpha value is -2.65. The highest BCUT2D eigenvalue weighted by molar-refractivity contribution is 7.89. The minimum absolute atomic E-state index is 0.0605. The second-order valence-electron chi connectivity index (χ2n) is 7.45. The van der Waals surface area contributed by atoms with Crippen LogP contribution in [0.1, 0.15) is 12.0 Å². The number of hydrogen-bond donors (Lipinski definition) is 2. The Bertz CT molecular complexity index is 931. The van der Waals surface area contributed by atoms with Crippen LogP contribution in [0.4, 0.5) is 14.9 Å². The van der Waals surface area contributed by atoms with Gasteiger partial charge in [0.05, 0.1) is 5.75 Å². The maximum Gasteiger partial charge on any atom is 0.314 e. The second kappa shape index (κ2) is 11.1. The number of anilines is 1. The largest absolute Gasteiger partial charge is 0.369 e. The minimum Gasteiger partial charge on any atom is -0.369 e. The molecule has 2 N–H and O–H groups in total. The number of benzene rings is 2. The summed E-state index contributed by atoms with van der Waals surface area (Å²) in [6.45, 7) is 2.40. The highest BCUT2D eigenvalue weighted by atomic mass is 32.2. The van der Waals surface area contributed by atoms with E-state index in [1.165, 1.54) is 22.0 Å². The zero-order valence-corrected chi connectivity index (χ0v) is 18.3. The summed E-state index contributed by atoms with van der Waals surface area (Å²) in [6, 6.07) is 15.9. The Morgan fingerprint density at radius 2 is 1.55 bits per heavy atom. The number of rotatable bonds is 9. The van der Waals surface area contributed by atoms with E-state index >= 15 is 0 Å². The molecular formula is C22H29FN4O3S. The number of sulfonamides is 1. The topological polar surface area (TPSA) is 81.8 Å². The lowest BCUT2D eigenvalue weighted by molar-refractivity contribution is 0.241. The molecule has 2 aromatic carbocycles. The van der Waals surface area contributed by atoms with E-state index in [0.717, 1.165) is 18.5 Å². The van der Waals surface area contributed by atoms with Crippen molar-refractivity contribution in [1.29, 1.82) is 0 Å².